The topological polar surface area (TPSA) is 59.7 Å². The molecule has 1 heterocycles. The molecule has 0 radical (unpaired) electrons. The SMILES string of the molecule is CC(Cc1ccccc1)c1ccc(OCc2ccc(C(=O)O)o2)cc1. The van der Waals surface area contributed by atoms with Gasteiger partial charge in [-0.3, -0.25) is 0 Å². The molecule has 4 heteroatoms. The zero-order valence-corrected chi connectivity index (χ0v) is 14.0. The first kappa shape index (κ1) is 16.8. The van der Waals surface area contributed by atoms with Gasteiger partial charge in [0.15, 0.2) is 0 Å². The Morgan fingerprint density at radius 2 is 1.76 bits per heavy atom. The van der Waals surface area contributed by atoms with Crippen LogP contribution in [0, 0.1) is 0 Å². The van der Waals surface area contributed by atoms with E-state index >= 15 is 0 Å². The lowest BCUT2D eigenvalue weighted by atomic mass is 9.94. The number of furan rings is 1. The molecular weight excluding hydrogens is 316 g/mol. The molecule has 25 heavy (non-hydrogen) atoms. The number of benzene rings is 2. The molecule has 0 aliphatic carbocycles. The molecule has 0 bridgehead atoms. The second-order valence-corrected chi connectivity index (χ2v) is 6.02. The summed E-state index contributed by atoms with van der Waals surface area (Å²) in [6.45, 7) is 2.41. The van der Waals surface area contributed by atoms with Gasteiger partial charge in [-0.25, -0.2) is 4.79 Å². The van der Waals surface area contributed by atoms with Gasteiger partial charge in [-0.15, -0.1) is 0 Å². The first-order valence-electron chi connectivity index (χ1n) is 8.20. The molecule has 0 spiro atoms. The fourth-order valence-corrected chi connectivity index (χ4v) is 2.70. The summed E-state index contributed by atoms with van der Waals surface area (Å²) in [7, 11) is 0. The normalized spacial score (nSPS) is 11.9. The molecule has 4 nitrogen and oxygen atoms in total. The van der Waals surface area contributed by atoms with Crippen molar-refractivity contribution in [1.29, 1.82) is 0 Å². The Balaban J connectivity index is 1.57. The summed E-state index contributed by atoms with van der Waals surface area (Å²) < 4.78 is 10.8. The molecule has 2 aromatic carbocycles. The van der Waals surface area contributed by atoms with E-state index in [1.807, 2.05) is 18.2 Å². The van der Waals surface area contributed by atoms with Gasteiger partial charge in [0, 0.05) is 0 Å². The zero-order chi connectivity index (χ0) is 17.6. The lowest BCUT2D eigenvalue weighted by Gasteiger charge is -2.13. The summed E-state index contributed by atoms with van der Waals surface area (Å²) in [6, 6.07) is 21.4. The summed E-state index contributed by atoms with van der Waals surface area (Å²) in [5.41, 5.74) is 2.57. The van der Waals surface area contributed by atoms with Gasteiger partial charge in [0.2, 0.25) is 5.76 Å². The van der Waals surface area contributed by atoms with Crippen molar-refractivity contribution < 1.29 is 19.1 Å². The van der Waals surface area contributed by atoms with Crippen molar-refractivity contribution in [3.05, 3.63) is 89.4 Å². The molecule has 3 aromatic rings. The van der Waals surface area contributed by atoms with E-state index in [-0.39, 0.29) is 12.4 Å². The number of aromatic carboxylic acids is 1. The molecule has 1 unspecified atom stereocenters. The van der Waals surface area contributed by atoms with Crippen LogP contribution in [0.4, 0.5) is 0 Å². The predicted octanol–water partition coefficient (Wildman–Crippen LogP) is 4.90. The van der Waals surface area contributed by atoms with Crippen molar-refractivity contribution >= 4 is 5.97 Å². The van der Waals surface area contributed by atoms with Gasteiger partial charge in [-0.1, -0.05) is 49.4 Å². The lowest BCUT2D eigenvalue weighted by Crippen LogP contribution is -1.99. The molecule has 0 aliphatic heterocycles. The monoisotopic (exact) mass is 336 g/mol. The van der Waals surface area contributed by atoms with Gasteiger partial charge in [-0.2, -0.15) is 0 Å². The van der Waals surface area contributed by atoms with Gasteiger partial charge in [0.1, 0.15) is 18.1 Å². The van der Waals surface area contributed by atoms with E-state index in [0.29, 0.717) is 11.7 Å². The molecule has 1 N–H and O–H groups in total. The molecular formula is C21H20O4. The molecule has 1 atom stereocenters. The zero-order valence-electron chi connectivity index (χ0n) is 14.0. The van der Waals surface area contributed by atoms with Gasteiger partial charge < -0.3 is 14.3 Å². The molecule has 1 aromatic heterocycles. The van der Waals surface area contributed by atoms with Crippen LogP contribution >= 0.6 is 0 Å². The maximum Gasteiger partial charge on any atom is 0.371 e. The van der Waals surface area contributed by atoms with Crippen LogP contribution < -0.4 is 4.74 Å². The van der Waals surface area contributed by atoms with Crippen molar-refractivity contribution in [2.24, 2.45) is 0 Å². The van der Waals surface area contributed by atoms with Gasteiger partial charge in [-0.05, 0) is 47.7 Å². The Morgan fingerprint density at radius 1 is 1.04 bits per heavy atom. The van der Waals surface area contributed by atoms with E-state index < -0.39 is 5.97 Å². The Hall–Kier alpha value is -3.01. The molecule has 128 valence electrons. The van der Waals surface area contributed by atoms with Crippen LogP contribution in [0.25, 0.3) is 0 Å². The molecule has 0 saturated heterocycles. The highest BCUT2D eigenvalue weighted by Gasteiger charge is 2.10. The fraction of sp³-hybridized carbons (Fsp3) is 0.190. The number of ether oxygens (including phenoxy) is 1. The predicted molar refractivity (Wildman–Crippen MR) is 95.0 cm³/mol. The van der Waals surface area contributed by atoms with Crippen molar-refractivity contribution in [3.63, 3.8) is 0 Å². The minimum absolute atomic E-state index is 0.0799. The van der Waals surface area contributed by atoms with Crippen LogP contribution in [0.5, 0.6) is 5.75 Å². The summed E-state index contributed by atoms with van der Waals surface area (Å²) >= 11 is 0. The highest BCUT2D eigenvalue weighted by Crippen LogP contribution is 2.23. The smallest absolute Gasteiger partial charge is 0.371 e. The second-order valence-electron chi connectivity index (χ2n) is 6.02. The van der Waals surface area contributed by atoms with Gasteiger partial charge in [0.25, 0.3) is 0 Å². The van der Waals surface area contributed by atoms with Crippen molar-refractivity contribution in [3.8, 4) is 5.75 Å². The average molecular weight is 336 g/mol. The number of hydrogen-bond donors (Lipinski definition) is 1. The van der Waals surface area contributed by atoms with Crippen molar-refractivity contribution in [2.75, 3.05) is 0 Å². The number of hydrogen-bond acceptors (Lipinski definition) is 3. The van der Waals surface area contributed by atoms with Crippen molar-refractivity contribution in [1.82, 2.24) is 0 Å². The number of carbonyl (C=O) groups is 1. The number of rotatable bonds is 7. The van der Waals surface area contributed by atoms with Crippen LogP contribution in [-0.4, -0.2) is 11.1 Å². The largest absolute Gasteiger partial charge is 0.486 e. The highest BCUT2D eigenvalue weighted by atomic mass is 16.5. The average Bonchev–Trinajstić information content (AvgIpc) is 3.11. The van der Waals surface area contributed by atoms with Crippen molar-refractivity contribution in [2.45, 2.75) is 25.9 Å². The number of carboxylic acids is 1. The second kappa shape index (κ2) is 7.71. The third-order valence-corrected chi connectivity index (χ3v) is 4.09. The summed E-state index contributed by atoms with van der Waals surface area (Å²) in [5, 5.41) is 8.84. The summed E-state index contributed by atoms with van der Waals surface area (Å²) in [6.07, 6.45) is 0.991. The standard InChI is InChI=1S/C21H20O4/c1-15(13-16-5-3-2-4-6-16)17-7-9-18(10-8-17)24-14-19-11-12-20(25-19)21(22)23/h2-12,15H,13-14H2,1H3,(H,22,23). The third kappa shape index (κ3) is 4.51. The Bertz CT molecular complexity index is 819. The minimum Gasteiger partial charge on any atom is -0.486 e. The van der Waals surface area contributed by atoms with Crippen LogP contribution in [0.2, 0.25) is 0 Å². The lowest BCUT2D eigenvalue weighted by molar-refractivity contribution is 0.0658. The Morgan fingerprint density at radius 3 is 2.40 bits per heavy atom. The van der Waals surface area contributed by atoms with Crippen LogP contribution in [-0.2, 0) is 13.0 Å². The number of carboxylic acid groups (broad SMARTS) is 1. The molecule has 0 amide bonds. The fourth-order valence-electron chi connectivity index (χ4n) is 2.70. The first-order valence-corrected chi connectivity index (χ1v) is 8.20. The summed E-state index contributed by atoms with van der Waals surface area (Å²) in [5.74, 6) is 0.467. The molecule has 0 fully saturated rings. The van der Waals surface area contributed by atoms with Crippen LogP contribution in [0.3, 0.4) is 0 Å². The maximum atomic E-state index is 10.8. The third-order valence-electron chi connectivity index (χ3n) is 4.09. The van der Waals surface area contributed by atoms with Gasteiger partial charge in [0.05, 0.1) is 0 Å². The molecule has 0 aliphatic rings. The van der Waals surface area contributed by atoms with E-state index in [9.17, 15) is 4.79 Å². The van der Waals surface area contributed by atoms with Crippen LogP contribution in [0.1, 0.15) is 40.3 Å². The Kier molecular flexibility index (Phi) is 5.19. The minimum atomic E-state index is -1.08. The van der Waals surface area contributed by atoms with Crippen LogP contribution in [0.15, 0.2) is 71.1 Å². The quantitative estimate of drug-likeness (QED) is 0.666. The van der Waals surface area contributed by atoms with E-state index in [0.717, 1.165) is 12.2 Å². The highest BCUT2D eigenvalue weighted by molar-refractivity contribution is 5.84. The van der Waals surface area contributed by atoms with E-state index in [2.05, 4.69) is 43.3 Å². The Labute approximate surface area is 146 Å². The molecule has 0 saturated carbocycles. The first-order chi connectivity index (χ1) is 12.1. The van der Waals surface area contributed by atoms with E-state index in [1.54, 1.807) is 6.07 Å². The summed E-state index contributed by atoms with van der Waals surface area (Å²) in [4.78, 5) is 10.8. The van der Waals surface area contributed by atoms with Gasteiger partial charge >= 0.3 is 5.97 Å². The molecule has 3 rings (SSSR count). The maximum absolute atomic E-state index is 10.8. The van der Waals surface area contributed by atoms with E-state index in [4.69, 9.17) is 14.3 Å². The van der Waals surface area contributed by atoms with E-state index in [1.165, 1.54) is 17.2 Å².